The van der Waals surface area contributed by atoms with Gasteiger partial charge in [-0.15, -0.1) is 34.0 Å². The highest BCUT2D eigenvalue weighted by Gasteiger charge is 2.15. The van der Waals surface area contributed by atoms with E-state index in [1.165, 1.54) is 29.5 Å². The molecule has 0 N–H and O–H groups in total. The summed E-state index contributed by atoms with van der Waals surface area (Å²) in [5.41, 5.74) is 2.31. The van der Waals surface area contributed by atoms with Gasteiger partial charge in [-0.1, -0.05) is 13.8 Å². The Morgan fingerprint density at radius 1 is 0.762 bits per heavy atom. The first-order valence-electron chi connectivity index (χ1n) is 7.15. The minimum Gasteiger partial charge on any atom is -0.246 e. The number of thiazole rings is 2. The van der Waals surface area contributed by atoms with Crippen LogP contribution in [0.5, 0.6) is 0 Å². The van der Waals surface area contributed by atoms with Crippen LogP contribution in [0.25, 0.3) is 19.5 Å². The van der Waals surface area contributed by atoms with E-state index in [1.54, 1.807) is 0 Å². The minimum absolute atomic E-state index is 1.01. The normalized spacial score (nSPS) is 11.2. The molecule has 0 amide bonds. The summed E-state index contributed by atoms with van der Waals surface area (Å²) in [4.78, 5) is 14.6. The molecule has 0 radical (unpaired) electrons. The smallest absolute Gasteiger partial charge is 0.0932 e. The van der Waals surface area contributed by atoms with E-state index >= 15 is 0 Å². The van der Waals surface area contributed by atoms with Crippen LogP contribution in [0.4, 0.5) is 0 Å². The van der Waals surface area contributed by atoms with Gasteiger partial charge >= 0.3 is 0 Å². The second kappa shape index (κ2) is 5.99. The van der Waals surface area contributed by atoms with Crippen molar-refractivity contribution in [3.8, 4) is 19.5 Å². The maximum atomic E-state index is 4.64. The van der Waals surface area contributed by atoms with Crippen LogP contribution in [0, 0.1) is 13.8 Å². The van der Waals surface area contributed by atoms with Crippen LogP contribution in [-0.4, -0.2) is 9.97 Å². The molecule has 0 atom stereocenters. The van der Waals surface area contributed by atoms with E-state index in [0.29, 0.717) is 0 Å². The molecule has 3 aromatic heterocycles. The molecule has 3 rings (SSSR count). The van der Waals surface area contributed by atoms with Gasteiger partial charge in [0, 0.05) is 9.75 Å². The van der Waals surface area contributed by atoms with E-state index in [1.807, 2.05) is 34.0 Å². The molecule has 0 bridgehead atoms. The summed E-state index contributed by atoms with van der Waals surface area (Å²) in [6, 6.07) is 4.45. The van der Waals surface area contributed by atoms with E-state index in [4.69, 9.17) is 0 Å². The summed E-state index contributed by atoms with van der Waals surface area (Å²) in [5.74, 6) is 0. The Balaban J connectivity index is 1.99. The van der Waals surface area contributed by atoms with Crippen molar-refractivity contribution in [3.63, 3.8) is 0 Å². The molecule has 21 heavy (non-hydrogen) atoms. The number of aryl methyl sites for hydroxylation is 4. The number of hydrogen-bond acceptors (Lipinski definition) is 5. The summed E-state index contributed by atoms with van der Waals surface area (Å²) in [5, 5.41) is 2.44. The molecule has 3 aromatic rings. The van der Waals surface area contributed by atoms with Gasteiger partial charge in [0.05, 0.1) is 31.2 Å². The van der Waals surface area contributed by atoms with Crippen LogP contribution in [0.3, 0.4) is 0 Å². The molecule has 3 heterocycles. The molecule has 0 saturated carbocycles. The summed E-state index contributed by atoms with van der Waals surface area (Å²) in [7, 11) is 0. The Hall–Kier alpha value is -1.04. The highest BCUT2D eigenvalue weighted by molar-refractivity contribution is 7.26. The maximum Gasteiger partial charge on any atom is 0.0932 e. The average molecular weight is 335 g/mol. The van der Waals surface area contributed by atoms with Gasteiger partial charge in [-0.05, 0) is 38.8 Å². The molecular weight excluding hydrogens is 316 g/mol. The predicted molar refractivity (Wildman–Crippen MR) is 94.8 cm³/mol. The average Bonchev–Trinajstić information content (AvgIpc) is 3.16. The monoisotopic (exact) mass is 334 g/mol. The van der Waals surface area contributed by atoms with Crippen LogP contribution in [-0.2, 0) is 12.8 Å². The van der Waals surface area contributed by atoms with E-state index < -0.39 is 0 Å². The molecule has 2 nitrogen and oxygen atoms in total. The Bertz CT molecular complexity index is 702. The van der Waals surface area contributed by atoms with E-state index in [0.717, 1.165) is 24.2 Å². The van der Waals surface area contributed by atoms with Gasteiger partial charge in [0.1, 0.15) is 0 Å². The van der Waals surface area contributed by atoms with Gasteiger partial charge in [-0.3, -0.25) is 0 Å². The SMILES string of the molecule is CCc1nc(C)c(-c2ccc(-c3sc(CC)nc3C)s2)s1. The van der Waals surface area contributed by atoms with Crippen molar-refractivity contribution in [1.29, 1.82) is 0 Å². The molecule has 0 aliphatic heterocycles. The number of thiophene rings is 1. The van der Waals surface area contributed by atoms with Gasteiger partial charge < -0.3 is 0 Å². The third-order valence-corrected chi connectivity index (χ3v) is 7.39. The summed E-state index contributed by atoms with van der Waals surface area (Å²) >= 11 is 5.50. The maximum absolute atomic E-state index is 4.64. The van der Waals surface area contributed by atoms with Gasteiger partial charge in [0.2, 0.25) is 0 Å². The van der Waals surface area contributed by atoms with Gasteiger partial charge in [-0.25, -0.2) is 9.97 Å². The lowest BCUT2D eigenvalue weighted by Gasteiger charge is -1.93. The van der Waals surface area contributed by atoms with Crippen molar-refractivity contribution in [2.75, 3.05) is 0 Å². The van der Waals surface area contributed by atoms with Crippen LogP contribution < -0.4 is 0 Å². The second-order valence-electron chi connectivity index (χ2n) is 4.92. The highest BCUT2D eigenvalue weighted by atomic mass is 32.1. The van der Waals surface area contributed by atoms with Crippen molar-refractivity contribution >= 4 is 34.0 Å². The Morgan fingerprint density at radius 2 is 1.19 bits per heavy atom. The number of aromatic nitrogens is 2. The first kappa shape index (κ1) is 14.9. The Labute approximate surface area is 137 Å². The largest absolute Gasteiger partial charge is 0.246 e. The molecular formula is C16H18N2S3. The molecule has 0 unspecified atom stereocenters. The predicted octanol–water partition coefficient (Wildman–Crippen LogP) is 5.74. The minimum atomic E-state index is 1.01. The number of rotatable bonds is 4. The fourth-order valence-electron chi connectivity index (χ4n) is 2.25. The second-order valence-corrected chi connectivity index (χ2v) is 8.17. The lowest BCUT2D eigenvalue weighted by molar-refractivity contribution is 1.07. The molecule has 0 saturated heterocycles. The summed E-state index contributed by atoms with van der Waals surface area (Å²) < 4.78 is 0. The molecule has 0 spiro atoms. The van der Waals surface area contributed by atoms with E-state index in [2.05, 4.69) is 49.8 Å². The van der Waals surface area contributed by atoms with Crippen LogP contribution in [0.1, 0.15) is 35.3 Å². The van der Waals surface area contributed by atoms with Crippen LogP contribution in [0.15, 0.2) is 12.1 Å². The van der Waals surface area contributed by atoms with Gasteiger partial charge in [0.15, 0.2) is 0 Å². The molecule has 110 valence electrons. The Morgan fingerprint density at radius 3 is 1.52 bits per heavy atom. The van der Waals surface area contributed by atoms with Crippen molar-refractivity contribution in [3.05, 3.63) is 33.5 Å². The summed E-state index contributed by atoms with van der Waals surface area (Å²) in [6.45, 7) is 8.54. The van der Waals surface area contributed by atoms with Gasteiger partial charge in [-0.2, -0.15) is 0 Å². The fraction of sp³-hybridized carbons (Fsp3) is 0.375. The lowest BCUT2D eigenvalue weighted by Crippen LogP contribution is -1.77. The van der Waals surface area contributed by atoms with Crippen LogP contribution >= 0.6 is 34.0 Å². The molecule has 0 aliphatic carbocycles. The first-order chi connectivity index (χ1) is 10.1. The summed E-state index contributed by atoms with van der Waals surface area (Å²) in [6.07, 6.45) is 2.02. The van der Waals surface area contributed by atoms with Crippen molar-refractivity contribution in [2.24, 2.45) is 0 Å². The van der Waals surface area contributed by atoms with E-state index in [-0.39, 0.29) is 0 Å². The zero-order valence-electron chi connectivity index (χ0n) is 12.7. The lowest BCUT2D eigenvalue weighted by atomic mass is 10.3. The van der Waals surface area contributed by atoms with E-state index in [9.17, 15) is 0 Å². The third-order valence-electron chi connectivity index (χ3n) is 3.34. The number of hydrogen-bond donors (Lipinski definition) is 0. The first-order valence-corrected chi connectivity index (χ1v) is 9.60. The molecule has 5 heteroatoms. The molecule has 0 aliphatic rings. The third kappa shape index (κ3) is 2.82. The molecule has 0 aromatic carbocycles. The topological polar surface area (TPSA) is 25.8 Å². The van der Waals surface area contributed by atoms with Crippen molar-refractivity contribution in [1.82, 2.24) is 9.97 Å². The van der Waals surface area contributed by atoms with Crippen molar-refractivity contribution < 1.29 is 0 Å². The standard InChI is InChI=1S/C16H18N2S3/c1-5-13-17-9(3)15(20-13)11-7-8-12(19-11)16-10(4)18-14(6-2)21-16/h7-8H,5-6H2,1-4H3. The quantitative estimate of drug-likeness (QED) is 0.608. The Kier molecular flexibility index (Phi) is 4.24. The fourth-order valence-corrected chi connectivity index (χ4v) is 5.59. The van der Waals surface area contributed by atoms with Crippen LogP contribution in [0.2, 0.25) is 0 Å². The highest BCUT2D eigenvalue weighted by Crippen LogP contribution is 2.41. The van der Waals surface area contributed by atoms with Crippen molar-refractivity contribution in [2.45, 2.75) is 40.5 Å². The zero-order valence-corrected chi connectivity index (χ0v) is 15.1. The number of nitrogens with zero attached hydrogens (tertiary/aromatic N) is 2. The zero-order chi connectivity index (χ0) is 15.0. The molecule has 0 fully saturated rings. The van der Waals surface area contributed by atoms with Gasteiger partial charge in [0.25, 0.3) is 0 Å².